The number of nitrogens with zero attached hydrogens (tertiary/aromatic N) is 2. The van der Waals surface area contributed by atoms with Crippen LogP contribution in [0.2, 0.25) is 0 Å². The van der Waals surface area contributed by atoms with E-state index in [1.807, 2.05) is 0 Å². The molecule has 1 aliphatic heterocycles. The van der Waals surface area contributed by atoms with Crippen molar-refractivity contribution in [2.75, 3.05) is 0 Å². The minimum absolute atomic E-state index is 1.27. The molecule has 0 spiro atoms. The molecule has 3 heteroatoms. The van der Waals surface area contributed by atoms with Gasteiger partial charge in [-0.05, 0) is 89.9 Å². The molecule has 8 aromatic carbocycles. The molecule has 2 nitrogen and oxygen atoms in total. The summed E-state index contributed by atoms with van der Waals surface area (Å²) in [6.07, 6.45) is 0. The van der Waals surface area contributed by atoms with Crippen LogP contribution in [0.3, 0.4) is 0 Å². The molecule has 10 aromatic rings. The van der Waals surface area contributed by atoms with E-state index in [4.69, 9.17) is 0 Å². The van der Waals surface area contributed by atoms with Gasteiger partial charge in [0.2, 0.25) is 0 Å². The second-order valence-corrected chi connectivity index (χ2v) is 16.4. The van der Waals surface area contributed by atoms with E-state index in [0.29, 0.717) is 0 Å². The largest absolute Gasteiger partial charge is 0.341 e. The molecule has 2 aromatic heterocycles. The van der Waals surface area contributed by atoms with Crippen LogP contribution in [0.5, 0.6) is 0 Å². The molecule has 0 radical (unpaired) electrons. The lowest BCUT2D eigenvalue weighted by atomic mass is 10.1. The minimum Gasteiger partial charge on any atom is -0.341 e. The Hall–Kier alpha value is -5.90. The molecule has 0 atom stereocenters. The number of fused-ring (bicyclic) bond motifs is 11. The fourth-order valence-electron chi connectivity index (χ4n) is 8.46. The molecular formula is C44H28N2Si. The van der Waals surface area contributed by atoms with Gasteiger partial charge >= 0.3 is 8.40 Å². The zero-order valence-electron chi connectivity index (χ0n) is 25.6. The topological polar surface area (TPSA) is 9.86 Å². The maximum absolute atomic E-state index is 3.03. The monoisotopic (exact) mass is 612 g/mol. The third-order valence-corrected chi connectivity index (χ3v) is 15.0. The normalized spacial score (nSPS) is 13.7. The van der Waals surface area contributed by atoms with Crippen molar-refractivity contribution < 1.29 is 0 Å². The summed E-state index contributed by atoms with van der Waals surface area (Å²) >= 11 is 0. The summed E-state index contributed by atoms with van der Waals surface area (Å²) in [6, 6.07) is 64.1. The van der Waals surface area contributed by atoms with Crippen molar-refractivity contribution in [3.05, 3.63) is 170 Å². The van der Waals surface area contributed by atoms with Gasteiger partial charge in [-0.1, -0.05) is 133 Å². The minimum atomic E-state index is -3.03. The summed E-state index contributed by atoms with van der Waals surface area (Å²) in [6.45, 7) is 0. The van der Waals surface area contributed by atoms with Gasteiger partial charge < -0.3 is 8.47 Å². The standard InChI is InChI=1S/C44H28N2Si/c1-3-13-33-23-39(19-17-29(33)9-1)47(40-20-18-30-10-2-4-14-34(30)24-40)45-41-25-35-15-7-5-11-31(35)21-37(41)27-43(45)44-28-38-22-32-12-6-8-16-36(32)26-42(38)46(44)47/h1-28H. The van der Waals surface area contributed by atoms with Crippen LogP contribution < -0.4 is 10.4 Å². The van der Waals surface area contributed by atoms with E-state index in [9.17, 15) is 0 Å². The lowest BCUT2D eigenvalue weighted by Gasteiger charge is -2.34. The Labute approximate surface area is 272 Å². The fourth-order valence-corrected chi connectivity index (χ4v) is 13.5. The van der Waals surface area contributed by atoms with E-state index in [2.05, 4.69) is 178 Å². The highest BCUT2D eigenvalue weighted by molar-refractivity contribution is 7.02. The fraction of sp³-hybridized carbons (Fsp3) is 0. The molecule has 1 aliphatic rings. The van der Waals surface area contributed by atoms with Crippen LogP contribution >= 0.6 is 0 Å². The number of rotatable bonds is 2. The smallest absolute Gasteiger partial charge is 0.340 e. The van der Waals surface area contributed by atoms with Crippen molar-refractivity contribution in [1.82, 2.24) is 8.47 Å². The van der Waals surface area contributed by atoms with Crippen LogP contribution in [-0.2, 0) is 0 Å². The van der Waals surface area contributed by atoms with E-state index in [0.717, 1.165) is 0 Å². The predicted molar refractivity (Wildman–Crippen MR) is 202 cm³/mol. The predicted octanol–water partition coefficient (Wildman–Crippen LogP) is 9.84. The summed E-state index contributed by atoms with van der Waals surface area (Å²) < 4.78 is 5.54. The summed E-state index contributed by atoms with van der Waals surface area (Å²) in [5.41, 5.74) is 5.18. The van der Waals surface area contributed by atoms with Crippen LogP contribution in [0.25, 0.3) is 76.3 Å². The average Bonchev–Trinajstić information content (AvgIpc) is 3.76. The Kier molecular flexibility index (Phi) is 4.90. The van der Waals surface area contributed by atoms with Gasteiger partial charge in [0.1, 0.15) is 0 Å². The van der Waals surface area contributed by atoms with Gasteiger partial charge in [-0.25, -0.2) is 0 Å². The maximum Gasteiger partial charge on any atom is 0.340 e. The molecule has 0 N–H and O–H groups in total. The number of aromatic nitrogens is 2. The summed E-state index contributed by atoms with van der Waals surface area (Å²) in [4.78, 5) is 0. The van der Waals surface area contributed by atoms with Gasteiger partial charge in [0.05, 0.1) is 11.4 Å². The van der Waals surface area contributed by atoms with Crippen molar-refractivity contribution in [2.24, 2.45) is 0 Å². The highest BCUT2D eigenvalue weighted by atomic mass is 28.3. The van der Waals surface area contributed by atoms with Crippen LogP contribution in [0.1, 0.15) is 0 Å². The Bertz CT molecular complexity index is 2720. The summed E-state index contributed by atoms with van der Waals surface area (Å²) in [5.74, 6) is 0. The van der Waals surface area contributed by atoms with Crippen molar-refractivity contribution in [2.45, 2.75) is 0 Å². The van der Waals surface area contributed by atoms with Gasteiger partial charge in [0.15, 0.2) is 0 Å². The quantitative estimate of drug-likeness (QED) is 0.172. The van der Waals surface area contributed by atoms with E-state index >= 15 is 0 Å². The number of hydrogen-bond acceptors (Lipinski definition) is 0. The molecule has 0 saturated carbocycles. The van der Waals surface area contributed by atoms with E-state index in [1.165, 1.54) is 86.7 Å². The van der Waals surface area contributed by atoms with E-state index in [-0.39, 0.29) is 0 Å². The Balaban J connectivity index is 1.38. The first-order chi connectivity index (χ1) is 23.3. The lowest BCUT2D eigenvalue weighted by molar-refractivity contribution is 1.20. The third-order valence-electron chi connectivity index (χ3n) is 10.6. The SMILES string of the molecule is c1ccc2cc([Si]3(c4ccc5ccccc5c4)n4c(cc5cc6ccccc6cc54)-c4cc5cc6ccccc6cc5n43)ccc2c1. The molecule has 47 heavy (non-hydrogen) atoms. The van der Waals surface area contributed by atoms with Crippen molar-refractivity contribution in [1.29, 1.82) is 0 Å². The van der Waals surface area contributed by atoms with Crippen molar-refractivity contribution in [3.8, 4) is 11.4 Å². The zero-order chi connectivity index (χ0) is 30.7. The second-order valence-electron chi connectivity index (χ2n) is 13.0. The zero-order valence-corrected chi connectivity index (χ0v) is 26.6. The Morgan fingerprint density at radius 2 is 0.617 bits per heavy atom. The first-order valence-electron chi connectivity index (χ1n) is 16.3. The Morgan fingerprint density at radius 1 is 0.277 bits per heavy atom. The van der Waals surface area contributed by atoms with Gasteiger partial charge in [-0.15, -0.1) is 0 Å². The molecule has 11 rings (SSSR count). The van der Waals surface area contributed by atoms with E-state index in [1.54, 1.807) is 0 Å². The summed E-state index contributed by atoms with van der Waals surface area (Å²) in [5, 5.41) is 15.5. The molecule has 0 bridgehead atoms. The van der Waals surface area contributed by atoms with Crippen LogP contribution in [0, 0.1) is 0 Å². The van der Waals surface area contributed by atoms with Crippen LogP contribution in [0.4, 0.5) is 0 Å². The van der Waals surface area contributed by atoms with Gasteiger partial charge in [0.25, 0.3) is 0 Å². The lowest BCUT2D eigenvalue weighted by Crippen LogP contribution is -2.67. The van der Waals surface area contributed by atoms with Crippen LogP contribution in [-0.4, -0.2) is 16.9 Å². The van der Waals surface area contributed by atoms with Gasteiger partial charge in [-0.3, -0.25) is 0 Å². The first-order valence-corrected chi connectivity index (χ1v) is 18.2. The molecule has 0 aliphatic carbocycles. The molecule has 218 valence electrons. The van der Waals surface area contributed by atoms with Crippen molar-refractivity contribution in [3.63, 3.8) is 0 Å². The van der Waals surface area contributed by atoms with E-state index < -0.39 is 8.40 Å². The van der Waals surface area contributed by atoms with Crippen LogP contribution in [0.15, 0.2) is 170 Å². The average molecular weight is 613 g/mol. The maximum atomic E-state index is 2.77. The molecule has 3 heterocycles. The molecule has 0 amide bonds. The molecular weight excluding hydrogens is 585 g/mol. The Morgan fingerprint density at radius 3 is 1.02 bits per heavy atom. The second kappa shape index (κ2) is 9.09. The summed E-state index contributed by atoms with van der Waals surface area (Å²) in [7, 11) is -3.03. The third kappa shape index (κ3) is 3.34. The molecule has 0 fully saturated rings. The van der Waals surface area contributed by atoms with Crippen molar-refractivity contribution >= 4 is 83.7 Å². The molecule has 0 unspecified atom stereocenters. The van der Waals surface area contributed by atoms with Gasteiger partial charge in [0, 0.05) is 21.8 Å². The first kappa shape index (κ1) is 25.3. The highest BCUT2D eigenvalue weighted by Gasteiger charge is 2.52. The van der Waals surface area contributed by atoms with Gasteiger partial charge in [-0.2, -0.15) is 0 Å². The molecule has 0 saturated heterocycles. The number of hydrogen-bond donors (Lipinski definition) is 0. The number of benzene rings is 8. The highest BCUT2D eigenvalue weighted by Crippen LogP contribution is 2.44.